The second-order valence-corrected chi connectivity index (χ2v) is 5.13. The Morgan fingerprint density at radius 2 is 2.05 bits per heavy atom. The van der Waals surface area contributed by atoms with E-state index in [0.717, 1.165) is 17.6 Å². The highest BCUT2D eigenvalue weighted by atomic mass is 19.2. The standard InChI is InChI=1S/C16H11F2N3O/c17-10-4-3-9(8-11(10)18)13-14-12(2-1-5-19-14)21-7-6-20-16(22)15(13)21/h1-5,8H,6-7H2,(H,20,22). The van der Waals surface area contributed by atoms with Gasteiger partial charge in [-0.25, -0.2) is 8.78 Å². The Labute approximate surface area is 124 Å². The van der Waals surface area contributed by atoms with Crippen molar-refractivity contribution in [1.82, 2.24) is 14.9 Å². The van der Waals surface area contributed by atoms with Crippen LogP contribution in [0.25, 0.3) is 22.2 Å². The van der Waals surface area contributed by atoms with Crippen molar-refractivity contribution < 1.29 is 13.6 Å². The summed E-state index contributed by atoms with van der Waals surface area (Å²) in [5, 5.41) is 2.78. The summed E-state index contributed by atoms with van der Waals surface area (Å²) in [6, 6.07) is 7.28. The molecule has 3 heterocycles. The van der Waals surface area contributed by atoms with Gasteiger partial charge in [-0.1, -0.05) is 6.07 Å². The van der Waals surface area contributed by atoms with Gasteiger partial charge < -0.3 is 9.88 Å². The van der Waals surface area contributed by atoms with E-state index in [1.165, 1.54) is 6.07 Å². The van der Waals surface area contributed by atoms with E-state index in [1.807, 2.05) is 10.6 Å². The Morgan fingerprint density at radius 3 is 2.86 bits per heavy atom. The number of amides is 1. The maximum atomic E-state index is 13.6. The van der Waals surface area contributed by atoms with E-state index in [2.05, 4.69) is 10.3 Å². The quantitative estimate of drug-likeness (QED) is 0.751. The number of rotatable bonds is 1. The molecule has 1 aliphatic rings. The SMILES string of the molecule is O=C1NCCn2c1c(-c1ccc(F)c(F)c1)c1ncccc12. The van der Waals surface area contributed by atoms with E-state index in [0.29, 0.717) is 35.4 Å². The molecule has 1 aromatic carbocycles. The van der Waals surface area contributed by atoms with Crippen molar-refractivity contribution in [3.05, 3.63) is 53.9 Å². The molecule has 0 saturated heterocycles. The van der Waals surface area contributed by atoms with Crippen LogP contribution < -0.4 is 5.32 Å². The van der Waals surface area contributed by atoms with Gasteiger partial charge in [-0.2, -0.15) is 0 Å². The Kier molecular flexibility index (Phi) is 2.72. The van der Waals surface area contributed by atoms with Gasteiger partial charge >= 0.3 is 0 Å². The molecule has 22 heavy (non-hydrogen) atoms. The number of pyridine rings is 1. The van der Waals surface area contributed by atoms with Gasteiger partial charge in [0, 0.05) is 24.8 Å². The summed E-state index contributed by atoms with van der Waals surface area (Å²) >= 11 is 0. The molecule has 0 aliphatic carbocycles. The molecule has 110 valence electrons. The highest BCUT2D eigenvalue weighted by molar-refractivity contribution is 6.09. The number of nitrogens with one attached hydrogen (secondary N) is 1. The third-order valence-corrected chi connectivity index (χ3v) is 3.87. The fourth-order valence-electron chi connectivity index (χ4n) is 2.93. The van der Waals surface area contributed by atoms with E-state index in [9.17, 15) is 13.6 Å². The maximum absolute atomic E-state index is 13.6. The van der Waals surface area contributed by atoms with Crippen LogP contribution in [0.5, 0.6) is 0 Å². The van der Waals surface area contributed by atoms with Gasteiger partial charge in [-0.05, 0) is 29.8 Å². The lowest BCUT2D eigenvalue weighted by atomic mass is 10.0. The number of nitrogens with zero attached hydrogens (tertiary/aromatic N) is 2. The second-order valence-electron chi connectivity index (χ2n) is 5.13. The monoisotopic (exact) mass is 299 g/mol. The van der Waals surface area contributed by atoms with Crippen LogP contribution in [0.15, 0.2) is 36.5 Å². The number of halogens is 2. The van der Waals surface area contributed by atoms with Crippen LogP contribution in [0.3, 0.4) is 0 Å². The lowest BCUT2D eigenvalue weighted by molar-refractivity contribution is 0.0930. The molecule has 3 aromatic rings. The van der Waals surface area contributed by atoms with Crippen molar-refractivity contribution in [1.29, 1.82) is 0 Å². The van der Waals surface area contributed by atoms with Gasteiger partial charge in [-0.15, -0.1) is 0 Å². The molecule has 0 unspecified atom stereocenters. The molecule has 0 radical (unpaired) electrons. The molecule has 1 N–H and O–H groups in total. The first-order valence-electron chi connectivity index (χ1n) is 6.87. The predicted octanol–water partition coefficient (Wildman–Crippen LogP) is 2.72. The van der Waals surface area contributed by atoms with Crippen LogP contribution in [0, 0.1) is 11.6 Å². The number of hydrogen-bond acceptors (Lipinski definition) is 2. The average Bonchev–Trinajstić information content (AvgIpc) is 2.86. The lowest BCUT2D eigenvalue weighted by Crippen LogP contribution is -2.35. The third kappa shape index (κ3) is 1.73. The molecule has 0 saturated carbocycles. The van der Waals surface area contributed by atoms with E-state index in [4.69, 9.17) is 0 Å². The first-order chi connectivity index (χ1) is 10.7. The molecule has 0 fully saturated rings. The zero-order chi connectivity index (χ0) is 15.3. The first-order valence-corrected chi connectivity index (χ1v) is 6.87. The first kappa shape index (κ1) is 12.9. The minimum absolute atomic E-state index is 0.232. The molecule has 4 nitrogen and oxygen atoms in total. The largest absolute Gasteiger partial charge is 0.349 e. The van der Waals surface area contributed by atoms with Crippen molar-refractivity contribution in [3.63, 3.8) is 0 Å². The van der Waals surface area contributed by atoms with Crippen molar-refractivity contribution in [2.45, 2.75) is 6.54 Å². The zero-order valence-corrected chi connectivity index (χ0v) is 11.4. The van der Waals surface area contributed by atoms with Crippen LogP contribution in [-0.2, 0) is 6.54 Å². The lowest BCUT2D eigenvalue weighted by Gasteiger charge is -2.17. The number of hydrogen-bond donors (Lipinski definition) is 1. The summed E-state index contributed by atoms with van der Waals surface area (Å²) in [6.45, 7) is 1.15. The summed E-state index contributed by atoms with van der Waals surface area (Å²) in [5.41, 5.74) is 2.83. The van der Waals surface area contributed by atoms with Crippen molar-refractivity contribution in [2.75, 3.05) is 6.54 Å². The number of benzene rings is 1. The third-order valence-electron chi connectivity index (χ3n) is 3.87. The summed E-state index contributed by atoms with van der Waals surface area (Å²) in [4.78, 5) is 16.6. The van der Waals surface area contributed by atoms with Gasteiger partial charge in [0.15, 0.2) is 11.6 Å². The Balaban J connectivity index is 2.10. The minimum Gasteiger partial charge on any atom is -0.349 e. The van der Waals surface area contributed by atoms with Crippen molar-refractivity contribution in [3.8, 4) is 11.1 Å². The molecule has 2 aromatic heterocycles. The van der Waals surface area contributed by atoms with Crippen LogP contribution in [0.1, 0.15) is 10.5 Å². The van der Waals surface area contributed by atoms with Crippen molar-refractivity contribution in [2.24, 2.45) is 0 Å². The smallest absolute Gasteiger partial charge is 0.268 e. The zero-order valence-electron chi connectivity index (χ0n) is 11.4. The molecule has 4 rings (SSSR count). The predicted molar refractivity (Wildman–Crippen MR) is 77.4 cm³/mol. The molecule has 1 aliphatic heterocycles. The van der Waals surface area contributed by atoms with Crippen LogP contribution in [0.4, 0.5) is 8.78 Å². The number of carbonyl (C=O) groups is 1. The number of fused-ring (bicyclic) bond motifs is 3. The molecule has 0 spiro atoms. The van der Waals surface area contributed by atoms with E-state index in [-0.39, 0.29) is 5.91 Å². The topological polar surface area (TPSA) is 46.9 Å². The Morgan fingerprint density at radius 1 is 1.18 bits per heavy atom. The normalized spacial score (nSPS) is 14.0. The van der Waals surface area contributed by atoms with Crippen LogP contribution >= 0.6 is 0 Å². The Bertz CT molecular complexity index is 917. The fourth-order valence-corrected chi connectivity index (χ4v) is 2.93. The van der Waals surface area contributed by atoms with Gasteiger partial charge in [0.25, 0.3) is 5.91 Å². The van der Waals surface area contributed by atoms with E-state index < -0.39 is 11.6 Å². The Hall–Kier alpha value is -2.76. The molecule has 0 bridgehead atoms. The molecule has 6 heteroatoms. The summed E-state index contributed by atoms with van der Waals surface area (Å²) in [6.07, 6.45) is 1.62. The molecular weight excluding hydrogens is 288 g/mol. The van der Waals surface area contributed by atoms with Crippen molar-refractivity contribution >= 4 is 16.9 Å². The summed E-state index contributed by atoms with van der Waals surface area (Å²) < 4.78 is 28.7. The minimum atomic E-state index is -0.947. The van der Waals surface area contributed by atoms with Gasteiger partial charge in [0.05, 0.1) is 11.0 Å². The van der Waals surface area contributed by atoms with Gasteiger partial charge in [0.2, 0.25) is 0 Å². The number of carbonyl (C=O) groups excluding carboxylic acids is 1. The fraction of sp³-hybridized carbons (Fsp3) is 0.125. The van der Waals surface area contributed by atoms with E-state index in [1.54, 1.807) is 12.3 Å². The summed E-state index contributed by atoms with van der Waals surface area (Å²) in [7, 11) is 0. The van der Waals surface area contributed by atoms with Crippen LogP contribution in [-0.4, -0.2) is 22.0 Å². The molecule has 0 atom stereocenters. The second kappa shape index (κ2) is 4.62. The highest BCUT2D eigenvalue weighted by Crippen LogP contribution is 2.35. The van der Waals surface area contributed by atoms with E-state index >= 15 is 0 Å². The summed E-state index contributed by atoms with van der Waals surface area (Å²) in [5.74, 6) is -2.10. The maximum Gasteiger partial charge on any atom is 0.268 e. The number of aromatic nitrogens is 2. The molecular formula is C16H11F2N3O. The molecule has 1 amide bonds. The average molecular weight is 299 g/mol. The van der Waals surface area contributed by atoms with Gasteiger partial charge in [-0.3, -0.25) is 9.78 Å². The van der Waals surface area contributed by atoms with Crippen LogP contribution in [0.2, 0.25) is 0 Å². The van der Waals surface area contributed by atoms with Gasteiger partial charge in [0.1, 0.15) is 5.69 Å². The highest BCUT2D eigenvalue weighted by Gasteiger charge is 2.27.